The van der Waals surface area contributed by atoms with Gasteiger partial charge in [0.2, 0.25) is 0 Å². The third-order valence-electron chi connectivity index (χ3n) is 5.02. The van der Waals surface area contributed by atoms with E-state index in [1.165, 1.54) is 22.9 Å². The average Bonchev–Trinajstić information content (AvgIpc) is 3.33. The number of rotatable bonds is 11. The molecule has 0 spiro atoms. The van der Waals surface area contributed by atoms with Gasteiger partial charge in [-0.25, -0.2) is 9.36 Å². The van der Waals surface area contributed by atoms with E-state index in [1.807, 2.05) is 0 Å². The lowest BCUT2D eigenvalue weighted by molar-refractivity contribution is -0.144. The summed E-state index contributed by atoms with van der Waals surface area (Å²) in [7, 11) is -2.07. The minimum atomic E-state index is -4.35. The summed E-state index contributed by atoms with van der Waals surface area (Å²) in [5.41, 5.74) is -0.857. The minimum absolute atomic E-state index is 0.164. The third-order valence-corrected chi connectivity index (χ3v) is 6.91. The highest BCUT2D eigenvalue weighted by atomic mass is 31.2. The molecule has 0 amide bonds. The Balaban J connectivity index is 1.81. The molecule has 2 heterocycles. The fraction of sp³-hybridized carbons (Fsp3) is 0.364. The molecule has 1 aromatic heterocycles. The van der Waals surface area contributed by atoms with Crippen LogP contribution >= 0.6 is 7.75 Å². The van der Waals surface area contributed by atoms with Crippen LogP contribution in [0.1, 0.15) is 11.8 Å². The van der Waals surface area contributed by atoms with Crippen LogP contribution in [0, 0.1) is 6.92 Å². The first kappa shape index (κ1) is 27.1. The average molecular weight is 523 g/mol. The van der Waals surface area contributed by atoms with Gasteiger partial charge in [-0.05, 0) is 25.1 Å². The van der Waals surface area contributed by atoms with Crippen molar-refractivity contribution in [3.05, 3.63) is 75.1 Å². The summed E-state index contributed by atoms with van der Waals surface area (Å²) in [6.45, 7) is 0.0347. The van der Waals surface area contributed by atoms with E-state index in [-0.39, 0.29) is 12.4 Å². The number of benzene rings is 1. The standard InChI is InChI=1S/C22H26N3O10P/c1-15-11-25(22(29)23-21(15)28)18-10-9-17(34-18)14-33-36(30,35-16-7-5-4-6-8-16)24(12-19(26)31-2)13-20(27)32-3/h4-11,17-18H,12-14H2,1-3H3,(H,23,28,29)/t17-,18+,36-/m0/s1. The van der Waals surface area contributed by atoms with Gasteiger partial charge in [-0.15, -0.1) is 0 Å². The van der Waals surface area contributed by atoms with Gasteiger partial charge in [0.05, 0.1) is 20.8 Å². The topological polar surface area (TPSA) is 155 Å². The van der Waals surface area contributed by atoms with Gasteiger partial charge < -0.3 is 18.7 Å². The lowest BCUT2D eigenvalue weighted by Crippen LogP contribution is -2.36. The SMILES string of the molecule is COC(=O)CN(CC(=O)OC)[P@](=O)(OC[C@@H]1C=C[C@H](n2cc(C)c(=O)[nH]c2=O)O1)Oc1ccccc1. The van der Waals surface area contributed by atoms with Crippen LogP contribution in [-0.4, -0.2) is 66.2 Å². The van der Waals surface area contributed by atoms with E-state index < -0.39 is 56.4 Å². The molecule has 0 saturated carbocycles. The summed E-state index contributed by atoms with van der Waals surface area (Å²) >= 11 is 0. The van der Waals surface area contributed by atoms with Crippen LogP contribution in [0.2, 0.25) is 0 Å². The van der Waals surface area contributed by atoms with Crippen LogP contribution in [0.4, 0.5) is 0 Å². The second-order valence-corrected chi connectivity index (χ2v) is 9.52. The van der Waals surface area contributed by atoms with Gasteiger partial charge in [0, 0.05) is 11.8 Å². The number of para-hydroxylation sites is 1. The monoisotopic (exact) mass is 523 g/mol. The molecule has 1 aliphatic heterocycles. The van der Waals surface area contributed by atoms with Crippen LogP contribution < -0.4 is 15.8 Å². The maximum absolute atomic E-state index is 13.9. The highest BCUT2D eigenvalue weighted by molar-refractivity contribution is 7.51. The number of H-pyrrole nitrogens is 1. The maximum atomic E-state index is 13.9. The molecule has 1 aliphatic rings. The molecule has 0 aliphatic carbocycles. The number of carbonyl (C=O) groups excluding carboxylic acids is 2. The molecule has 3 rings (SSSR count). The van der Waals surface area contributed by atoms with Crippen LogP contribution in [0.15, 0.2) is 58.3 Å². The van der Waals surface area contributed by atoms with Crippen molar-refractivity contribution in [2.75, 3.05) is 33.9 Å². The Hall–Kier alpha value is -3.51. The van der Waals surface area contributed by atoms with E-state index in [2.05, 4.69) is 14.5 Å². The lowest BCUT2D eigenvalue weighted by atomic mass is 10.3. The van der Waals surface area contributed by atoms with Crippen LogP contribution in [-0.2, 0) is 32.9 Å². The van der Waals surface area contributed by atoms with Crippen molar-refractivity contribution in [3.63, 3.8) is 0 Å². The Labute approximate surface area is 205 Å². The second kappa shape index (κ2) is 12.0. The Bertz CT molecular complexity index is 1250. The molecule has 0 radical (unpaired) electrons. The zero-order valence-electron chi connectivity index (χ0n) is 19.8. The van der Waals surface area contributed by atoms with E-state index in [9.17, 15) is 23.7 Å². The largest absolute Gasteiger partial charge is 0.468 e. The molecule has 0 saturated heterocycles. The number of aromatic amines is 1. The van der Waals surface area contributed by atoms with Gasteiger partial charge in [0.15, 0.2) is 6.23 Å². The zero-order chi connectivity index (χ0) is 26.3. The van der Waals surface area contributed by atoms with E-state index in [0.717, 1.165) is 18.9 Å². The zero-order valence-corrected chi connectivity index (χ0v) is 20.7. The number of aromatic nitrogens is 2. The molecule has 0 bridgehead atoms. The van der Waals surface area contributed by atoms with Crippen molar-refractivity contribution in [2.24, 2.45) is 0 Å². The van der Waals surface area contributed by atoms with Crippen molar-refractivity contribution >= 4 is 19.7 Å². The van der Waals surface area contributed by atoms with Gasteiger partial charge in [-0.1, -0.05) is 24.3 Å². The minimum Gasteiger partial charge on any atom is -0.468 e. The molecule has 1 N–H and O–H groups in total. The summed E-state index contributed by atoms with van der Waals surface area (Å²) in [4.78, 5) is 50.0. The van der Waals surface area contributed by atoms with Crippen LogP contribution in [0.5, 0.6) is 5.75 Å². The van der Waals surface area contributed by atoms with Crippen molar-refractivity contribution in [2.45, 2.75) is 19.3 Å². The van der Waals surface area contributed by atoms with E-state index in [0.29, 0.717) is 5.56 Å². The number of methoxy groups -OCH3 is 2. The fourth-order valence-electron chi connectivity index (χ4n) is 3.12. The predicted octanol–water partition coefficient (Wildman–Crippen LogP) is 1.15. The van der Waals surface area contributed by atoms with Crippen LogP contribution in [0.3, 0.4) is 0 Å². The second-order valence-electron chi connectivity index (χ2n) is 7.57. The highest BCUT2D eigenvalue weighted by Gasteiger charge is 2.40. The summed E-state index contributed by atoms with van der Waals surface area (Å²) in [6, 6.07) is 8.05. The molecule has 3 atom stereocenters. The first-order chi connectivity index (χ1) is 17.1. The molecule has 13 nitrogen and oxygen atoms in total. The molecule has 194 valence electrons. The molecule has 0 fully saturated rings. The van der Waals surface area contributed by atoms with Gasteiger partial charge in [-0.2, -0.15) is 4.67 Å². The van der Waals surface area contributed by atoms with Crippen LogP contribution in [0.25, 0.3) is 0 Å². The number of nitrogens with one attached hydrogen (secondary N) is 1. The number of hydrogen-bond donors (Lipinski definition) is 1. The van der Waals surface area contributed by atoms with Gasteiger partial charge in [-0.3, -0.25) is 28.5 Å². The lowest BCUT2D eigenvalue weighted by Gasteiger charge is -2.29. The first-order valence-electron chi connectivity index (χ1n) is 10.7. The van der Waals surface area contributed by atoms with Gasteiger partial charge in [0.25, 0.3) is 5.56 Å². The van der Waals surface area contributed by atoms with Crippen molar-refractivity contribution in [1.29, 1.82) is 0 Å². The molecule has 14 heteroatoms. The Kier molecular flexibility index (Phi) is 8.99. The predicted molar refractivity (Wildman–Crippen MR) is 125 cm³/mol. The molecular weight excluding hydrogens is 497 g/mol. The number of ether oxygens (including phenoxy) is 3. The number of aryl methyl sites for hydroxylation is 1. The van der Waals surface area contributed by atoms with E-state index in [1.54, 1.807) is 37.3 Å². The number of carbonyl (C=O) groups is 2. The van der Waals surface area contributed by atoms with E-state index in [4.69, 9.17) is 13.8 Å². The maximum Gasteiger partial charge on any atom is 0.462 e. The van der Waals surface area contributed by atoms with Crippen molar-refractivity contribution < 1.29 is 37.4 Å². The molecule has 1 aromatic carbocycles. The number of hydrogen-bond acceptors (Lipinski definition) is 10. The van der Waals surface area contributed by atoms with Crippen molar-refractivity contribution in [1.82, 2.24) is 14.2 Å². The Morgan fingerprint density at radius 2 is 1.72 bits per heavy atom. The molecule has 2 aromatic rings. The Morgan fingerprint density at radius 1 is 1.08 bits per heavy atom. The third kappa shape index (κ3) is 6.79. The summed E-state index contributed by atoms with van der Waals surface area (Å²) in [5, 5.41) is 0. The normalized spacial score (nSPS) is 18.6. The number of esters is 2. The summed E-state index contributed by atoms with van der Waals surface area (Å²) in [6.07, 6.45) is 2.88. The number of nitrogens with zero attached hydrogens (tertiary/aromatic N) is 2. The van der Waals surface area contributed by atoms with Gasteiger partial charge in [0.1, 0.15) is 24.9 Å². The quantitative estimate of drug-likeness (QED) is 0.256. The molecule has 0 unspecified atom stereocenters. The highest BCUT2D eigenvalue weighted by Crippen LogP contribution is 2.52. The summed E-state index contributed by atoms with van der Waals surface area (Å²) in [5.74, 6) is -1.41. The smallest absolute Gasteiger partial charge is 0.462 e. The Morgan fingerprint density at radius 3 is 2.33 bits per heavy atom. The first-order valence-corrected chi connectivity index (χ1v) is 12.2. The van der Waals surface area contributed by atoms with Crippen molar-refractivity contribution in [3.8, 4) is 5.75 Å². The molecular formula is C22H26N3O10P. The molecule has 36 heavy (non-hydrogen) atoms. The summed E-state index contributed by atoms with van der Waals surface area (Å²) < 4.78 is 42.4. The van der Waals surface area contributed by atoms with E-state index >= 15 is 0 Å². The van der Waals surface area contributed by atoms with Gasteiger partial charge >= 0.3 is 25.4 Å². The fourth-order valence-corrected chi connectivity index (χ4v) is 4.75.